The van der Waals surface area contributed by atoms with E-state index in [-0.39, 0.29) is 0 Å². The van der Waals surface area contributed by atoms with Crippen LogP contribution in [0.15, 0.2) is 53.0 Å². The molecule has 0 unspecified atom stereocenters. The number of benzene rings is 2. The molecule has 0 aliphatic rings. The highest BCUT2D eigenvalue weighted by molar-refractivity contribution is 7.98. The Bertz CT molecular complexity index is 1150. The van der Waals surface area contributed by atoms with Gasteiger partial charge in [-0.15, -0.1) is 21.5 Å². The molecule has 2 aromatic carbocycles. The molecule has 0 spiro atoms. The fourth-order valence-electron chi connectivity index (χ4n) is 3.01. The Morgan fingerprint density at radius 1 is 0.967 bits per heavy atom. The summed E-state index contributed by atoms with van der Waals surface area (Å²) in [7, 11) is 5.21. The van der Waals surface area contributed by atoms with Crippen LogP contribution in [0.25, 0.3) is 22.0 Å². The topological polar surface area (TPSA) is 62.1 Å². The molecule has 0 aliphatic heterocycles. The van der Waals surface area contributed by atoms with Crippen LogP contribution in [-0.4, -0.2) is 34.0 Å². The molecule has 0 aliphatic carbocycles. The van der Waals surface area contributed by atoms with Crippen molar-refractivity contribution in [2.75, 3.05) is 14.2 Å². The molecule has 0 saturated heterocycles. The van der Waals surface area contributed by atoms with E-state index in [1.165, 1.54) is 5.56 Å². The van der Waals surface area contributed by atoms with E-state index in [2.05, 4.69) is 46.8 Å². The standard InChI is InChI=1S/C22H22N4O2S2/c1-14-5-7-15(8-6-14)21-23-17(12-29-21)13-30-22-25-24-20(26(22)2)16-9-10-18(27-3)19(11-16)28-4/h5-12H,13H2,1-4H3. The maximum absolute atomic E-state index is 5.40. The maximum atomic E-state index is 5.40. The van der Waals surface area contributed by atoms with Gasteiger partial charge >= 0.3 is 0 Å². The number of thioether (sulfide) groups is 1. The lowest BCUT2D eigenvalue weighted by Gasteiger charge is -2.09. The number of ether oxygens (including phenoxy) is 2. The highest BCUT2D eigenvalue weighted by atomic mass is 32.2. The maximum Gasteiger partial charge on any atom is 0.191 e. The van der Waals surface area contributed by atoms with Gasteiger partial charge in [0.2, 0.25) is 0 Å². The van der Waals surface area contributed by atoms with Crippen LogP contribution >= 0.6 is 23.1 Å². The van der Waals surface area contributed by atoms with Crippen molar-refractivity contribution in [3.63, 3.8) is 0 Å². The zero-order chi connectivity index (χ0) is 21.1. The van der Waals surface area contributed by atoms with Crippen LogP contribution in [0.1, 0.15) is 11.3 Å². The number of nitrogens with zero attached hydrogens (tertiary/aromatic N) is 4. The first-order chi connectivity index (χ1) is 14.6. The van der Waals surface area contributed by atoms with Gasteiger partial charge < -0.3 is 14.0 Å². The first-order valence-electron chi connectivity index (χ1n) is 9.35. The summed E-state index contributed by atoms with van der Waals surface area (Å²) in [5, 5.41) is 12.7. The second kappa shape index (κ2) is 8.89. The van der Waals surface area contributed by atoms with Crippen LogP contribution in [0.3, 0.4) is 0 Å². The van der Waals surface area contributed by atoms with Crippen LogP contribution in [0, 0.1) is 6.92 Å². The van der Waals surface area contributed by atoms with Crippen molar-refractivity contribution >= 4 is 23.1 Å². The first kappa shape index (κ1) is 20.4. The molecule has 0 bridgehead atoms. The summed E-state index contributed by atoms with van der Waals surface area (Å²) >= 11 is 3.29. The number of rotatable bonds is 7. The number of aryl methyl sites for hydroxylation is 1. The Labute approximate surface area is 183 Å². The van der Waals surface area contributed by atoms with Crippen LogP contribution in [-0.2, 0) is 12.8 Å². The minimum Gasteiger partial charge on any atom is -0.493 e. The fourth-order valence-corrected chi connectivity index (χ4v) is 4.74. The largest absolute Gasteiger partial charge is 0.493 e. The van der Waals surface area contributed by atoms with Gasteiger partial charge in [0.05, 0.1) is 19.9 Å². The molecule has 0 radical (unpaired) electrons. The average molecular weight is 439 g/mol. The van der Waals surface area contributed by atoms with E-state index in [0.717, 1.165) is 38.6 Å². The quantitative estimate of drug-likeness (QED) is 0.369. The minimum absolute atomic E-state index is 0.665. The minimum atomic E-state index is 0.665. The highest BCUT2D eigenvalue weighted by Gasteiger charge is 2.15. The molecular weight excluding hydrogens is 416 g/mol. The lowest BCUT2D eigenvalue weighted by atomic mass is 10.2. The Balaban J connectivity index is 1.48. The Morgan fingerprint density at radius 2 is 1.70 bits per heavy atom. The molecule has 154 valence electrons. The van der Waals surface area contributed by atoms with E-state index in [1.54, 1.807) is 37.3 Å². The Morgan fingerprint density at radius 3 is 2.43 bits per heavy atom. The van der Waals surface area contributed by atoms with Crippen LogP contribution in [0.2, 0.25) is 0 Å². The first-order valence-corrected chi connectivity index (χ1v) is 11.2. The van der Waals surface area contributed by atoms with Crippen molar-refractivity contribution < 1.29 is 9.47 Å². The SMILES string of the molecule is COc1ccc(-c2nnc(SCc3csc(-c4ccc(C)cc4)n3)n2C)cc1OC. The third-order valence-corrected chi connectivity index (χ3v) is 6.67. The van der Waals surface area contributed by atoms with E-state index >= 15 is 0 Å². The van der Waals surface area contributed by atoms with Crippen molar-refractivity contribution in [3.05, 3.63) is 59.1 Å². The molecule has 2 heterocycles. The number of hydrogen-bond donors (Lipinski definition) is 0. The molecule has 0 amide bonds. The van der Waals surface area contributed by atoms with Gasteiger partial charge in [-0.25, -0.2) is 4.98 Å². The number of hydrogen-bond acceptors (Lipinski definition) is 7. The molecule has 4 rings (SSSR count). The third-order valence-electron chi connectivity index (χ3n) is 4.68. The van der Waals surface area contributed by atoms with Crippen molar-refractivity contribution in [1.82, 2.24) is 19.7 Å². The molecule has 0 atom stereocenters. The smallest absolute Gasteiger partial charge is 0.191 e. The molecular formula is C22H22N4O2S2. The molecule has 0 N–H and O–H groups in total. The molecule has 8 heteroatoms. The van der Waals surface area contributed by atoms with Gasteiger partial charge in [0.25, 0.3) is 0 Å². The van der Waals surface area contributed by atoms with E-state index in [0.29, 0.717) is 11.5 Å². The van der Waals surface area contributed by atoms with Gasteiger partial charge in [0.1, 0.15) is 5.01 Å². The zero-order valence-corrected chi connectivity index (χ0v) is 18.9. The van der Waals surface area contributed by atoms with E-state index in [9.17, 15) is 0 Å². The summed E-state index contributed by atoms with van der Waals surface area (Å²) in [5.74, 6) is 2.86. The monoisotopic (exact) mass is 438 g/mol. The van der Waals surface area contributed by atoms with Crippen molar-refractivity contribution in [1.29, 1.82) is 0 Å². The van der Waals surface area contributed by atoms with Crippen molar-refractivity contribution in [2.24, 2.45) is 7.05 Å². The molecule has 6 nitrogen and oxygen atoms in total. The summed E-state index contributed by atoms with van der Waals surface area (Å²) in [6.07, 6.45) is 0. The Kier molecular flexibility index (Phi) is 6.06. The van der Waals surface area contributed by atoms with Crippen molar-refractivity contribution in [2.45, 2.75) is 17.8 Å². The van der Waals surface area contributed by atoms with Gasteiger partial charge in [0, 0.05) is 29.3 Å². The van der Waals surface area contributed by atoms with E-state index < -0.39 is 0 Å². The average Bonchev–Trinajstić information content (AvgIpc) is 3.39. The molecule has 2 aromatic heterocycles. The Hall–Kier alpha value is -2.84. The second-order valence-electron chi connectivity index (χ2n) is 6.73. The van der Waals surface area contributed by atoms with Gasteiger partial charge in [-0.2, -0.15) is 0 Å². The summed E-state index contributed by atoms with van der Waals surface area (Å²) in [6, 6.07) is 14.2. The van der Waals surface area contributed by atoms with Gasteiger partial charge in [0.15, 0.2) is 22.5 Å². The van der Waals surface area contributed by atoms with Gasteiger partial charge in [-0.05, 0) is 25.1 Å². The van der Waals surface area contributed by atoms with Gasteiger partial charge in [-0.3, -0.25) is 0 Å². The number of aromatic nitrogens is 4. The summed E-state index contributed by atoms with van der Waals surface area (Å²) in [6.45, 7) is 2.09. The summed E-state index contributed by atoms with van der Waals surface area (Å²) < 4.78 is 12.7. The fraction of sp³-hybridized carbons (Fsp3) is 0.227. The molecule has 30 heavy (non-hydrogen) atoms. The molecule has 0 saturated carbocycles. The highest BCUT2D eigenvalue weighted by Crippen LogP contribution is 2.33. The molecule has 4 aromatic rings. The number of thiazole rings is 1. The lowest BCUT2D eigenvalue weighted by Crippen LogP contribution is -1.96. The second-order valence-corrected chi connectivity index (χ2v) is 8.53. The lowest BCUT2D eigenvalue weighted by molar-refractivity contribution is 0.355. The van der Waals surface area contributed by atoms with Crippen LogP contribution in [0.5, 0.6) is 11.5 Å². The number of methoxy groups -OCH3 is 2. The van der Waals surface area contributed by atoms with Crippen LogP contribution in [0.4, 0.5) is 0 Å². The van der Waals surface area contributed by atoms with Gasteiger partial charge in [-0.1, -0.05) is 41.6 Å². The van der Waals surface area contributed by atoms with Crippen LogP contribution < -0.4 is 9.47 Å². The summed E-state index contributed by atoms with van der Waals surface area (Å²) in [5.41, 5.74) is 4.36. The summed E-state index contributed by atoms with van der Waals surface area (Å²) in [4.78, 5) is 4.77. The van der Waals surface area contributed by atoms with E-state index in [1.807, 2.05) is 29.8 Å². The van der Waals surface area contributed by atoms with E-state index in [4.69, 9.17) is 14.5 Å². The van der Waals surface area contributed by atoms with Crippen molar-refractivity contribution in [3.8, 4) is 33.5 Å². The third kappa shape index (κ3) is 4.20. The normalized spacial score (nSPS) is 10.9. The predicted octanol–water partition coefficient (Wildman–Crippen LogP) is 5.22. The molecule has 0 fully saturated rings. The predicted molar refractivity (Wildman–Crippen MR) is 121 cm³/mol. The zero-order valence-electron chi connectivity index (χ0n) is 17.2.